The predicted octanol–water partition coefficient (Wildman–Crippen LogP) is 3.68. The molecule has 0 atom stereocenters. The Morgan fingerprint density at radius 1 is 1.13 bits per heavy atom. The summed E-state index contributed by atoms with van der Waals surface area (Å²) in [6, 6.07) is 7.42. The van der Waals surface area contributed by atoms with Crippen LogP contribution in [-0.4, -0.2) is 9.97 Å². The van der Waals surface area contributed by atoms with E-state index >= 15 is 0 Å². The number of halogens is 2. The van der Waals surface area contributed by atoms with Crippen LogP contribution in [0.1, 0.15) is 0 Å². The highest BCUT2D eigenvalue weighted by molar-refractivity contribution is 9.10. The van der Waals surface area contributed by atoms with Crippen LogP contribution in [-0.2, 0) is 0 Å². The summed E-state index contributed by atoms with van der Waals surface area (Å²) in [4.78, 5) is 7.83. The second-order valence-corrected chi connectivity index (χ2v) is 4.04. The quantitative estimate of drug-likeness (QED) is 0.844. The maximum Gasteiger partial charge on any atom is 0.239 e. The number of benzene rings is 1. The monoisotopic (exact) mass is 284 g/mol. The van der Waals surface area contributed by atoms with E-state index in [9.17, 15) is 0 Å². The van der Waals surface area contributed by atoms with Gasteiger partial charge in [0.1, 0.15) is 5.75 Å². The summed E-state index contributed by atoms with van der Waals surface area (Å²) in [6.07, 6.45) is 2.96. The number of aromatic nitrogens is 2. The molecule has 0 radical (unpaired) electrons. The van der Waals surface area contributed by atoms with Gasteiger partial charge in [-0.05, 0) is 24.3 Å². The van der Waals surface area contributed by atoms with E-state index in [1.807, 2.05) is 24.3 Å². The highest BCUT2D eigenvalue weighted by Gasteiger charge is 1.99. The number of ether oxygens (including phenoxy) is 1. The molecule has 0 aliphatic heterocycles. The molecule has 0 bridgehead atoms. The predicted molar refractivity (Wildman–Crippen MR) is 61.3 cm³/mol. The first-order valence-electron chi connectivity index (χ1n) is 4.15. The van der Waals surface area contributed by atoms with E-state index in [1.54, 1.807) is 0 Å². The lowest BCUT2D eigenvalue weighted by molar-refractivity contribution is 0.460. The summed E-state index contributed by atoms with van der Waals surface area (Å²) in [6.45, 7) is 0. The van der Waals surface area contributed by atoms with Gasteiger partial charge in [0.2, 0.25) is 5.88 Å². The van der Waals surface area contributed by atoms with Crippen molar-refractivity contribution in [2.24, 2.45) is 0 Å². The summed E-state index contributed by atoms with van der Waals surface area (Å²) in [5.41, 5.74) is 0. The molecule has 0 unspecified atom stereocenters. The molecule has 0 saturated heterocycles. The standard InChI is InChI=1S/C10H6BrClN2O/c11-7-1-3-8(4-2-7)15-10-6-13-5-9(12)14-10/h1-6H. The van der Waals surface area contributed by atoms with Crippen molar-refractivity contribution >= 4 is 27.5 Å². The second kappa shape index (κ2) is 4.59. The molecule has 76 valence electrons. The van der Waals surface area contributed by atoms with Crippen molar-refractivity contribution in [2.75, 3.05) is 0 Å². The maximum atomic E-state index is 5.68. The fourth-order valence-electron chi connectivity index (χ4n) is 0.998. The zero-order valence-corrected chi connectivity index (χ0v) is 9.86. The van der Waals surface area contributed by atoms with Crippen LogP contribution in [0.2, 0.25) is 5.15 Å². The molecule has 3 nitrogen and oxygen atoms in total. The van der Waals surface area contributed by atoms with Gasteiger partial charge in [-0.3, -0.25) is 4.98 Å². The third-order valence-electron chi connectivity index (χ3n) is 1.62. The lowest BCUT2D eigenvalue weighted by Crippen LogP contribution is -1.88. The second-order valence-electron chi connectivity index (χ2n) is 2.74. The van der Waals surface area contributed by atoms with Crippen LogP contribution in [0.5, 0.6) is 11.6 Å². The lowest BCUT2D eigenvalue weighted by Gasteiger charge is -2.03. The van der Waals surface area contributed by atoms with Crippen molar-refractivity contribution in [3.8, 4) is 11.6 Å². The average molecular weight is 286 g/mol. The lowest BCUT2D eigenvalue weighted by atomic mass is 10.3. The Bertz CT molecular complexity index is 461. The van der Waals surface area contributed by atoms with Gasteiger partial charge in [0.25, 0.3) is 0 Å². The van der Waals surface area contributed by atoms with Crippen LogP contribution in [0.25, 0.3) is 0 Å². The molecule has 0 aliphatic rings. The molecule has 0 spiro atoms. The SMILES string of the molecule is Clc1cncc(Oc2ccc(Br)cc2)n1. The first-order valence-corrected chi connectivity index (χ1v) is 5.32. The van der Waals surface area contributed by atoms with Crippen molar-refractivity contribution in [2.45, 2.75) is 0 Å². The largest absolute Gasteiger partial charge is 0.437 e. The van der Waals surface area contributed by atoms with Crippen molar-refractivity contribution in [3.05, 3.63) is 46.3 Å². The van der Waals surface area contributed by atoms with E-state index in [4.69, 9.17) is 16.3 Å². The average Bonchev–Trinajstić information content (AvgIpc) is 2.22. The Balaban J connectivity index is 2.18. The molecule has 0 aliphatic carbocycles. The van der Waals surface area contributed by atoms with Gasteiger partial charge in [0.05, 0.1) is 12.4 Å². The van der Waals surface area contributed by atoms with Gasteiger partial charge in [0, 0.05) is 4.47 Å². The molecule has 0 saturated carbocycles. The van der Waals surface area contributed by atoms with Gasteiger partial charge in [-0.15, -0.1) is 0 Å². The van der Waals surface area contributed by atoms with E-state index < -0.39 is 0 Å². The molecular weight excluding hydrogens is 279 g/mol. The fourth-order valence-corrected chi connectivity index (χ4v) is 1.40. The minimum Gasteiger partial charge on any atom is -0.437 e. The minimum atomic E-state index is 0.310. The molecule has 15 heavy (non-hydrogen) atoms. The van der Waals surface area contributed by atoms with Crippen molar-refractivity contribution < 1.29 is 4.74 Å². The normalized spacial score (nSPS) is 10.0. The van der Waals surface area contributed by atoms with Gasteiger partial charge >= 0.3 is 0 Å². The molecule has 1 aromatic heterocycles. The van der Waals surface area contributed by atoms with Crippen molar-refractivity contribution in [3.63, 3.8) is 0 Å². The maximum absolute atomic E-state index is 5.68. The molecule has 0 amide bonds. The topological polar surface area (TPSA) is 35.0 Å². The van der Waals surface area contributed by atoms with Crippen LogP contribution in [0.4, 0.5) is 0 Å². The Kier molecular flexibility index (Phi) is 3.18. The number of nitrogens with zero attached hydrogens (tertiary/aromatic N) is 2. The minimum absolute atomic E-state index is 0.310. The van der Waals surface area contributed by atoms with E-state index in [2.05, 4.69) is 25.9 Å². The Hall–Kier alpha value is -1.13. The van der Waals surface area contributed by atoms with Crippen LogP contribution in [0.15, 0.2) is 41.1 Å². The number of hydrogen-bond donors (Lipinski definition) is 0. The van der Waals surface area contributed by atoms with Gasteiger partial charge < -0.3 is 4.74 Å². The highest BCUT2D eigenvalue weighted by Crippen LogP contribution is 2.21. The smallest absolute Gasteiger partial charge is 0.239 e. The van der Waals surface area contributed by atoms with Gasteiger partial charge in [-0.2, -0.15) is 4.98 Å². The van der Waals surface area contributed by atoms with E-state index in [0.29, 0.717) is 16.8 Å². The van der Waals surface area contributed by atoms with Crippen molar-refractivity contribution in [1.82, 2.24) is 9.97 Å². The highest BCUT2D eigenvalue weighted by atomic mass is 79.9. The summed E-state index contributed by atoms with van der Waals surface area (Å²) in [5.74, 6) is 1.07. The van der Waals surface area contributed by atoms with Crippen LogP contribution >= 0.6 is 27.5 Å². The Labute approximate surface area is 100 Å². The number of hydrogen-bond acceptors (Lipinski definition) is 3. The van der Waals surface area contributed by atoms with Crippen LogP contribution < -0.4 is 4.74 Å². The van der Waals surface area contributed by atoms with Crippen LogP contribution in [0, 0.1) is 0 Å². The molecule has 0 fully saturated rings. The zero-order chi connectivity index (χ0) is 10.7. The first kappa shape index (κ1) is 10.4. The summed E-state index contributed by atoms with van der Waals surface area (Å²) in [7, 11) is 0. The van der Waals surface area contributed by atoms with E-state index in [-0.39, 0.29) is 0 Å². The molecular formula is C10H6BrClN2O. The summed E-state index contributed by atoms with van der Waals surface area (Å²) < 4.78 is 6.43. The first-order chi connectivity index (χ1) is 7.24. The molecule has 2 aromatic rings. The molecule has 5 heteroatoms. The summed E-state index contributed by atoms with van der Waals surface area (Å²) in [5, 5.41) is 0.310. The third-order valence-corrected chi connectivity index (χ3v) is 2.33. The van der Waals surface area contributed by atoms with E-state index in [0.717, 1.165) is 4.47 Å². The Morgan fingerprint density at radius 2 is 1.87 bits per heavy atom. The molecule has 0 N–H and O–H groups in total. The number of rotatable bonds is 2. The van der Waals surface area contributed by atoms with Crippen LogP contribution in [0.3, 0.4) is 0 Å². The molecule has 1 heterocycles. The van der Waals surface area contributed by atoms with E-state index in [1.165, 1.54) is 12.4 Å². The summed E-state index contributed by atoms with van der Waals surface area (Å²) >= 11 is 9.01. The zero-order valence-electron chi connectivity index (χ0n) is 7.52. The molecule has 1 aromatic carbocycles. The van der Waals surface area contributed by atoms with Gasteiger partial charge in [0.15, 0.2) is 5.15 Å². The van der Waals surface area contributed by atoms with Crippen molar-refractivity contribution in [1.29, 1.82) is 0 Å². The fraction of sp³-hybridized carbons (Fsp3) is 0. The molecule has 2 rings (SSSR count). The Morgan fingerprint density at radius 3 is 2.53 bits per heavy atom. The van der Waals surface area contributed by atoms with Gasteiger partial charge in [-0.25, -0.2) is 0 Å². The third kappa shape index (κ3) is 2.91. The van der Waals surface area contributed by atoms with Gasteiger partial charge in [-0.1, -0.05) is 27.5 Å².